The van der Waals surface area contributed by atoms with Crippen molar-refractivity contribution in [2.24, 2.45) is 0 Å². The Morgan fingerprint density at radius 2 is 2.22 bits per heavy atom. The van der Waals surface area contributed by atoms with Gasteiger partial charge in [0.05, 0.1) is 30.0 Å². The average Bonchev–Trinajstić information content (AvgIpc) is 3.24. The molecule has 0 N–H and O–H groups in total. The number of aromatic nitrogens is 2. The molecule has 2 aromatic rings. The van der Waals surface area contributed by atoms with Crippen LogP contribution in [0.1, 0.15) is 16.1 Å². The van der Waals surface area contributed by atoms with Gasteiger partial charge in [-0.2, -0.15) is 16.4 Å². The third kappa shape index (κ3) is 2.70. The Hall–Kier alpha value is -1.99. The normalized spacial score (nSPS) is 23.9. The maximum atomic E-state index is 12.6. The van der Waals surface area contributed by atoms with Gasteiger partial charge in [0.1, 0.15) is 0 Å². The number of ether oxygens (including phenoxy) is 1. The van der Waals surface area contributed by atoms with Crippen LogP contribution < -0.4 is 4.90 Å². The van der Waals surface area contributed by atoms with Gasteiger partial charge in [-0.15, -0.1) is 5.10 Å². The molecule has 120 valence electrons. The quantitative estimate of drug-likeness (QED) is 0.837. The minimum absolute atomic E-state index is 0.0365. The van der Waals surface area contributed by atoms with E-state index < -0.39 is 0 Å². The van der Waals surface area contributed by atoms with E-state index in [9.17, 15) is 4.79 Å². The van der Waals surface area contributed by atoms with Gasteiger partial charge in [-0.1, -0.05) is 0 Å². The molecule has 2 aliphatic rings. The van der Waals surface area contributed by atoms with Crippen molar-refractivity contribution < 1.29 is 9.53 Å². The van der Waals surface area contributed by atoms with Gasteiger partial charge in [0.15, 0.2) is 5.82 Å². The first-order chi connectivity index (χ1) is 11.2. The largest absolute Gasteiger partial charge is 0.372 e. The summed E-state index contributed by atoms with van der Waals surface area (Å²) in [4.78, 5) is 16.7. The summed E-state index contributed by atoms with van der Waals surface area (Å²) in [5.41, 5.74) is 1.66. The topological polar surface area (TPSA) is 58.6 Å². The fraction of sp³-hybridized carbons (Fsp3) is 0.438. The van der Waals surface area contributed by atoms with Gasteiger partial charge < -0.3 is 14.5 Å². The highest BCUT2D eigenvalue weighted by Crippen LogP contribution is 2.27. The lowest BCUT2D eigenvalue weighted by atomic mass is 10.1. The van der Waals surface area contributed by atoms with E-state index in [0.717, 1.165) is 23.6 Å². The highest BCUT2D eigenvalue weighted by atomic mass is 32.1. The second-order valence-corrected chi connectivity index (χ2v) is 6.71. The third-order valence-corrected chi connectivity index (χ3v) is 5.12. The van der Waals surface area contributed by atoms with E-state index in [1.54, 1.807) is 11.3 Å². The molecular weight excluding hydrogens is 312 g/mol. The van der Waals surface area contributed by atoms with Crippen LogP contribution in [0.5, 0.6) is 0 Å². The van der Waals surface area contributed by atoms with Crippen LogP contribution in [0, 0.1) is 6.92 Å². The Morgan fingerprint density at radius 1 is 1.30 bits per heavy atom. The van der Waals surface area contributed by atoms with Crippen molar-refractivity contribution in [3.8, 4) is 0 Å². The summed E-state index contributed by atoms with van der Waals surface area (Å²) >= 11 is 1.54. The number of likely N-dealkylation sites (tertiary alicyclic amines) is 1. The number of nitrogens with zero attached hydrogens (tertiary/aromatic N) is 4. The molecule has 2 aromatic heterocycles. The monoisotopic (exact) mass is 330 g/mol. The second kappa shape index (κ2) is 5.90. The van der Waals surface area contributed by atoms with Gasteiger partial charge in [0.25, 0.3) is 5.91 Å². The zero-order chi connectivity index (χ0) is 15.8. The lowest BCUT2D eigenvalue weighted by Gasteiger charge is -2.37. The van der Waals surface area contributed by atoms with Crippen molar-refractivity contribution in [1.29, 1.82) is 0 Å². The number of fused-ring (bicyclic) bond motifs is 1. The third-order valence-electron chi connectivity index (χ3n) is 4.43. The number of carbonyl (C=O) groups excluding carboxylic acids is 1. The molecule has 2 aliphatic heterocycles. The van der Waals surface area contributed by atoms with Crippen LogP contribution in [-0.2, 0) is 4.74 Å². The second-order valence-electron chi connectivity index (χ2n) is 5.93. The van der Waals surface area contributed by atoms with Crippen molar-refractivity contribution in [2.75, 3.05) is 31.1 Å². The number of rotatable bonds is 2. The van der Waals surface area contributed by atoms with E-state index >= 15 is 0 Å². The molecule has 0 spiro atoms. The molecule has 4 heterocycles. The van der Waals surface area contributed by atoms with E-state index in [4.69, 9.17) is 4.74 Å². The van der Waals surface area contributed by atoms with Gasteiger partial charge in [0.2, 0.25) is 0 Å². The van der Waals surface area contributed by atoms with Gasteiger partial charge in [0, 0.05) is 25.0 Å². The molecule has 6 nitrogen and oxygen atoms in total. The molecule has 2 atom stereocenters. The molecule has 0 unspecified atom stereocenters. The van der Waals surface area contributed by atoms with Crippen LogP contribution in [0.4, 0.5) is 5.82 Å². The molecule has 0 bridgehead atoms. The Bertz CT molecular complexity index is 689. The average molecular weight is 330 g/mol. The van der Waals surface area contributed by atoms with Gasteiger partial charge in [-0.3, -0.25) is 4.79 Å². The molecule has 0 aromatic carbocycles. The van der Waals surface area contributed by atoms with Crippen molar-refractivity contribution in [1.82, 2.24) is 15.1 Å². The first kappa shape index (κ1) is 14.6. The molecule has 0 aliphatic carbocycles. The molecule has 7 heteroatoms. The Kier molecular flexibility index (Phi) is 3.74. The van der Waals surface area contributed by atoms with E-state index in [-0.39, 0.29) is 18.1 Å². The SMILES string of the molecule is Cc1ccc(N2CCO[C@@H]3CN(C(=O)c4ccsc4)C[C@@H]32)nn1. The highest BCUT2D eigenvalue weighted by Gasteiger charge is 2.42. The minimum Gasteiger partial charge on any atom is -0.372 e. The zero-order valence-corrected chi connectivity index (χ0v) is 13.7. The summed E-state index contributed by atoms with van der Waals surface area (Å²) in [6.45, 7) is 4.65. The van der Waals surface area contributed by atoms with Crippen molar-refractivity contribution in [3.63, 3.8) is 0 Å². The lowest BCUT2D eigenvalue weighted by Crippen LogP contribution is -2.51. The molecule has 2 saturated heterocycles. The summed E-state index contributed by atoms with van der Waals surface area (Å²) < 4.78 is 5.89. The predicted molar refractivity (Wildman–Crippen MR) is 87.9 cm³/mol. The maximum absolute atomic E-state index is 12.6. The molecule has 23 heavy (non-hydrogen) atoms. The summed E-state index contributed by atoms with van der Waals surface area (Å²) in [6.07, 6.45) is 0.0365. The number of aryl methyl sites for hydroxylation is 1. The summed E-state index contributed by atoms with van der Waals surface area (Å²) in [6, 6.07) is 5.98. The number of carbonyl (C=O) groups is 1. The van der Waals surface area contributed by atoms with Crippen LogP contribution in [0.25, 0.3) is 0 Å². The molecule has 4 rings (SSSR count). The van der Waals surface area contributed by atoms with Crippen LogP contribution in [0.2, 0.25) is 0 Å². The van der Waals surface area contributed by atoms with Crippen molar-refractivity contribution in [2.45, 2.75) is 19.1 Å². The van der Waals surface area contributed by atoms with Crippen LogP contribution in [-0.4, -0.2) is 59.4 Å². The van der Waals surface area contributed by atoms with E-state index in [1.165, 1.54) is 0 Å². The maximum Gasteiger partial charge on any atom is 0.254 e. The first-order valence-corrected chi connectivity index (χ1v) is 8.67. The Labute approximate surface area is 138 Å². The summed E-state index contributed by atoms with van der Waals surface area (Å²) in [7, 11) is 0. The fourth-order valence-electron chi connectivity index (χ4n) is 3.25. The standard InChI is InChI=1S/C16H18N4O2S/c1-11-2-3-15(18-17-11)20-5-6-22-14-9-19(8-13(14)20)16(21)12-4-7-23-10-12/h2-4,7,10,13-14H,5-6,8-9H2,1H3/t13-,14+/m0/s1. The molecular formula is C16H18N4O2S. The lowest BCUT2D eigenvalue weighted by molar-refractivity contribution is 0.0299. The van der Waals surface area contributed by atoms with Gasteiger partial charge in [-0.05, 0) is 30.5 Å². The number of hydrogen-bond donors (Lipinski definition) is 0. The molecule has 2 fully saturated rings. The fourth-order valence-corrected chi connectivity index (χ4v) is 3.88. The predicted octanol–water partition coefficient (Wildman–Crippen LogP) is 1.58. The highest BCUT2D eigenvalue weighted by molar-refractivity contribution is 7.08. The minimum atomic E-state index is 0.0365. The number of hydrogen-bond acceptors (Lipinski definition) is 6. The number of amides is 1. The van der Waals surface area contributed by atoms with Crippen LogP contribution >= 0.6 is 11.3 Å². The molecule has 1 amide bonds. The number of anilines is 1. The Balaban J connectivity index is 1.54. The molecule has 0 radical (unpaired) electrons. The zero-order valence-electron chi connectivity index (χ0n) is 12.9. The van der Waals surface area contributed by atoms with E-state index in [1.807, 2.05) is 40.8 Å². The van der Waals surface area contributed by atoms with Crippen LogP contribution in [0.3, 0.4) is 0 Å². The van der Waals surface area contributed by atoms with Gasteiger partial charge in [-0.25, -0.2) is 0 Å². The van der Waals surface area contributed by atoms with Crippen molar-refractivity contribution in [3.05, 3.63) is 40.2 Å². The number of morpholine rings is 1. The molecule has 0 saturated carbocycles. The first-order valence-electron chi connectivity index (χ1n) is 7.72. The number of thiophene rings is 1. The Morgan fingerprint density at radius 3 is 2.96 bits per heavy atom. The van der Waals surface area contributed by atoms with Crippen LogP contribution in [0.15, 0.2) is 29.0 Å². The van der Waals surface area contributed by atoms with E-state index in [2.05, 4.69) is 15.1 Å². The van der Waals surface area contributed by atoms with E-state index in [0.29, 0.717) is 19.7 Å². The summed E-state index contributed by atoms with van der Waals surface area (Å²) in [5.74, 6) is 0.943. The summed E-state index contributed by atoms with van der Waals surface area (Å²) in [5, 5.41) is 12.3. The van der Waals surface area contributed by atoms with Gasteiger partial charge >= 0.3 is 0 Å². The smallest absolute Gasteiger partial charge is 0.254 e. The van der Waals surface area contributed by atoms with Crippen molar-refractivity contribution >= 4 is 23.1 Å².